The van der Waals surface area contributed by atoms with Crippen molar-refractivity contribution >= 4 is 11.9 Å². The number of rotatable bonds is 3. The zero-order chi connectivity index (χ0) is 15.1. The summed E-state index contributed by atoms with van der Waals surface area (Å²) < 4.78 is 0. The molecule has 2 N–H and O–H groups in total. The molecule has 2 aliphatic rings. The monoisotopic (exact) mass is 280 g/mol. The molecule has 0 bridgehead atoms. The fourth-order valence-corrected chi connectivity index (χ4v) is 4.64. The van der Waals surface area contributed by atoms with Gasteiger partial charge in [0.25, 0.3) is 0 Å². The van der Waals surface area contributed by atoms with Crippen LogP contribution in [0.1, 0.15) is 52.9 Å². The van der Waals surface area contributed by atoms with E-state index in [-0.39, 0.29) is 23.2 Å². The third-order valence-electron chi connectivity index (χ3n) is 5.97. The van der Waals surface area contributed by atoms with E-state index in [0.717, 1.165) is 25.7 Å². The molecule has 1 fully saturated rings. The van der Waals surface area contributed by atoms with Crippen molar-refractivity contribution < 1.29 is 19.8 Å². The molecule has 112 valence electrons. The number of hydrogen-bond acceptors (Lipinski definition) is 2. The van der Waals surface area contributed by atoms with Gasteiger partial charge in [0.2, 0.25) is 0 Å². The predicted molar refractivity (Wildman–Crippen MR) is 75.3 cm³/mol. The van der Waals surface area contributed by atoms with Gasteiger partial charge in [0.05, 0.1) is 6.42 Å². The zero-order valence-electron chi connectivity index (χ0n) is 12.5. The quantitative estimate of drug-likeness (QED) is 0.831. The fourth-order valence-electron chi connectivity index (χ4n) is 4.64. The Morgan fingerprint density at radius 2 is 1.95 bits per heavy atom. The van der Waals surface area contributed by atoms with Crippen LogP contribution in [0.25, 0.3) is 0 Å². The Hall–Kier alpha value is -1.32. The highest BCUT2D eigenvalue weighted by atomic mass is 16.4. The van der Waals surface area contributed by atoms with Gasteiger partial charge in [0, 0.05) is 11.0 Å². The van der Waals surface area contributed by atoms with Gasteiger partial charge in [-0.2, -0.15) is 0 Å². The number of carbonyl (C=O) groups is 2. The molecule has 4 heteroatoms. The van der Waals surface area contributed by atoms with Gasteiger partial charge < -0.3 is 10.2 Å². The average Bonchev–Trinajstić information content (AvgIpc) is 2.33. The number of carboxylic acid groups (broad SMARTS) is 2. The topological polar surface area (TPSA) is 74.6 Å². The van der Waals surface area contributed by atoms with E-state index in [0.29, 0.717) is 11.5 Å². The highest BCUT2D eigenvalue weighted by Gasteiger charge is 2.55. The molecule has 0 heterocycles. The lowest BCUT2D eigenvalue weighted by Crippen LogP contribution is -2.51. The maximum Gasteiger partial charge on any atom is 0.331 e. The van der Waals surface area contributed by atoms with E-state index in [1.54, 1.807) is 0 Å². The summed E-state index contributed by atoms with van der Waals surface area (Å²) in [6.45, 7) is 6.17. The van der Waals surface area contributed by atoms with Crippen LogP contribution < -0.4 is 0 Å². The summed E-state index contributed by atoms with van der Waals surface area (Å²) in [5.74, 6) is -1.18. The molecule has 20 heavy (non-hydrogen) atoms. The summed E-state index contributed by atoms with van der Waals surface area (Å²) in [6, 6.07) is 0. The molecule has 2 rings (SSSR count). The number of aliphatic carboxylic acids is 2. The van der Waals surface area contributed by atoms with E-state index < -0.39 is 11.9 Å². The summed E-state index contributed by atoms with van der Waals surface area (Å²) in [5, 5.41) is 18.7. The molecule has 0 aromatic heterocycles. The number of allylic oxidation sites excluding steroid dienone is 1. The Bertz CT molecular complexity index is 467. The smallest absolute Gasteiger partial charge is 0.331 e. The van der Waals surface area contributed by atoms with Crippen LogP contribution in [-0.4, -0.2) is 22.2 Å². The van der Waals surface area contributed by atoms with Crippen LogP contribution in [0.5, 0.6) is 0 Å². The summed E-state index contributed by atoms with van der Waals surface area (Å²) in [4.78, 5) is 22.8. The molecule has 0 spiro atoms. The first-order chi connectivity index (χ1) is 9.21. The summed E-state index contributed by atoms with van der Waals surface area (Å²) in [6.07, 6.45) is 5.33. The van der Waals surface area contributed by atoms with Crippen LogP contribution in [0.15, 0.2) is 11.6 Å². The first-order valence-corrected chi connectivity index (χ1v) is 7.37. The molecule has 0 aliphatic heterocycles. The van der Waals surface area contributed by atoms with Gasteiger partial charge in [-0.1, -0.05) is 26.8 Å². The normalized spacial score (nSPS) is 40.6. The zero-order valence-corrected chi connectivity index (χ0v) is 12.5. The van der Waals surface area contributed by atoms with E-state index >= 15 is 0 Å². The van der Waals surface area contributed by atoms with Gasteiger partial charge in [-0.15, -0.1) is 0 Å². The first kappa shape index (κ1) is 15.1. The van der Waals surface area contributed by atoms with Gasteiger partial charge in [-0.05, 0) is 42.9 Å². The van der Waals surface area contributed by atoms with Crippen molar-refractivity contribution in [2.24, 2.45) is 22.7 Å². The minimum absolute atomic E-state index is 0.126. The molecule has 4 nitrogen and oxygen atoms in total. The van der Waals surface area contributed by atoms with Crippen molar-refractivity contribution in [2.75, 3.05) is 0 Å². The van der Waals surface area contributed by atoms with Crippen molar-refractivity contribution in [3.8, 4) is 0 Å². The van der Waals surface area contributed by atoms with E-state index in [2.05, 4.69) is 6.92 Å². The molecule has 0 saturated heterocycles. The van der Waals surface area contributed by atoms with Crippen LogP contribution in [-0.2, 0) is 9.59 Å². The Balaban J connectivity index is 2.45. The minimum atomic E-state index is -0.843. The third-order valence-corrected chi connectivity index (χ3v) is 5.97. The molecule has 4 atom stereocenters. The van der Waals surface area contributed by atoms with Crippen molar-refractivity contribution in [3.63, 3.8) is 0 Å². The Morgan fingerprint density at radius 3 is 2.50 bits per heavy atom. The van der Waals surface area contributed by atoms with Crippen molar-refractivity contribution in [2.45, 2.75) is 52.9 Å². The molecule has 0 radical (unpaired) electrons. The lowest BCUT2D eigenvalue weighted by molar-refractivity contribution is -0.146. The lowest BCUT2D eigenvalue weighted by atomic mass is 9.47. The molecule has 0 amide bonds. The third kappa shape index (κ3) is 2.15. The minimum Gasteiger partial charge on any atom is -0.481 e. The average molecular weight is 280 g/mol. The first-order valence-electron chi connectivity index (χ1n) is 7.37. The SMILES string of the molecule is CC1CCC2(C)C(C(=O)O)=CCCC2C1(C)CC(=O)O. The van der Waals surface area contributed by atoms with Crippen molar-refractivity contribution in [1.82, 2.24) is 0 Å². The van der Waals surface area contributed by atoms with Gasteiger partial charge >= 0.3 is 11.9 Å². The lowest BCUT2D eigenvalue weighted by Gasteiger charge is -2.57. The fraction of sp³-hybridized carbons (Fsp3) is 0.750. The van der Waals surface area contributed by atoms with Crippen molar-refractivity contribution in [3.05, 3.63) is 11.6 Å². The van der Waals surface area contributed by atoms with E-state index in [9.17, 15) is 19.8 Å². The molecule has 2 aliphatic carbocycles. The predicted octanol–water partition coefficient (Wildman–Crippen LogP) is 3.32. The van der Waals surface area contributed by atoms with Crippen LogP contribution in [0, 0.1) is 22.7 Å². The molecular formula is C16H24O4. The Labute approximate surface area is 119 Å². The maximum atomic E-state index is 11.5. The second-order valence-corrected chi connectivity index (χ2v) is 6.99. The van der Waals surface area contributed by atoms with Crippen LogP contribution >= 0.6 is 0 Å². The molecular weight excluding hydrogens is 256 g/mol. The van der Waals surface area contributed by atoms with Gasteiger partial charge in [-0.25, -0.2) is 4.79 Å². The van der Waals surface area contributed by atoms with Crippen molar-refractivity contribution in [1.29, 1.82) is 0 Å². The maximum absolute atomic E-state index is 11.5. The summed E-state index contributed by atoms with van der Waals surface area (Å²) in [7, 11) is 0. The summed E-state index contributed by atoms with van der Waals surface area (Å²) in [5.41, 5.74) is -0.216. The molecule has 0 aromatic rings. The largest absolute Gasteiger partial charge is 0.481 e. The highest BCUT2D eigenvalue weighted by Crippen LogP contribution is 2.61. The highest BCUT2D eigenvalue weighted by molar-refractivity contribution is 5.88. The Kier molecular flexibility index (Phi) is 3.69. The second kappa shape index (κ2) is 4.90. The standard InChI is InChI=1S/C16H24O4/c1-10-7-8-15(2)11(14(19)20)5-4-6-12(15)16(10,3)9-13(17)18/h5,10,12H,4,6-9H2,1-3H3,(H,17,18)(H,19,20). The number of hydrogen-bond donors (Lipinski definition) is 2. The molecule has 1 saturated carbocycles. The Morgan fingerprint density at radius 1 is 1.30 bits per heavy atom. The van der Waals surface area contributed by atoms with Gasteiger partial charge in [0.15, 0.2) is 0 Å². The second-order valence-electron chi connectivity index (χ2n) is 6.99. The summed E-state index contributed by atoms with van der Waals surface area (Å²) >= 11 is 0. The van der Waals surface area contributed by atoms with Crippen LogP contribution in [0.3, 0.4) is 0 Å². The molecule has 4 unspecified atom stereocenters. The molecule has 0 aromatic carbocycles. The van der Waals surface area contributed by atoms with E-state index in [1.807, 2.05) is 19.9 Å². The van der Waals surface area contributed by atoms with E-state index in [4.69, 9.17) is 0 Å². The van der Waals surface area contributed by atoms with Gasteiger partial charge in [0.1, 0.15) is 0 Å². The van der Waals surface area contributed by atoms with Crippen LogP contribution in [0.4, 0.5) is 0 Å². The van der Waals surface area contributed by atoms with Gasteiger partial charge in [-0.3, -0.25) is 4.79 Å². The van der Waals surface area contributed by atoms with E-state index in [1.165, 1.54) is 0 Å². The van der Waals surface area contributed by atoms with Crippen LogP contribution in [0.2, 0.25) is 0 Å². The number of fused-ring (bicyclic) bond motifs is 1. The number of carboxylic acids is 2.